The summed E-state index contributed by atoms with van der Waals surface area (Å²) in [5.41, 5.74) is 1.19. The zero-order chi connectivity index (χ0) is 26.2. The van der Waals surface area contributed by atoms with Crippen LogP contribution < -0.4 is 15.4 Å². The van der Waals surface area contributed by atoms with Gasteiger partial charge in [-0.15, -0.1) is 0 Å². The normalized spacial score (nSPS) is 21.6. The van der Waals surface area contributed by atoms with E-state index in [9.17, 15) is 14.0 Å². The first-order chi connectivity index (χ1) is 17.2. The van der Waals surface area contributed by atoms with Crippen LogP contribution in [0.4, 0.5) is 20.6 Å². The number of amides is 3. The van der Waals surface area contributed by atoms with Crippen LogP contribution in [-0.2, 0) is 4.74 Å². The fourth-order valence-electron chi connectivity index (χ4n) is 4.38. The van der Waals surface area contributed by atoms with Gasteiger partial charge in [-0.05, 0) is 56.1 Å². The van der Waals surface area contributed by atoms with Gasteiger partial charge in [0, 0.05) is 50.7 Å². The Morgan fingerprint density at radius 1 is 1.14 bits per heavy atom. The van der Waals surface area contributed by atoms with Crippen LogP contribution in [0.2, 0.25) is 0 Å². The molecule has 0 fully saturated rings. The van der Waals surface area contributed by atoms with Crippen molar-refractivity contribution in [2.45, 2.75) is 39.3 Å². The second-order valence-corrected chi connectivity index (χ2v) is 9.39. The molecule has 1 aliphatic rings. The van der Waals surface area contributed by atoms with Gasteiger partial charge in [-0.3, -0.25) is 9.69 Å². The van der Waals surface area contributed by atoms with Gasteiger partial charge in [-0.25, -0.2) is 9.18 Å². The molecule has 0 spiro atoms. The van der Waals surface area contributed by atoms with E-state index in [0.29, 0.717) is 35.8 Å². The van der Waals surface area contributed by atoms with Crippen molar-refractivity contribution in [3.05, 3.63) is 53.8 Å². The van der Waals surface area contributed by atoms with Gasteiger partial charge in [-0.1, -0.05) is 19.9 Å². The second-order valence-electron chi connectivity index (χ2n) is 9.39. The number of fused-ring (bicyclic) bond motifs is 1. The van der Waals surface area contributed by atoms with Gasteiger partial charge in [0.25, 0.3) is 5.91 Å². The van der Waals surface area contributed by atoms with Gasteiger partial charge in [0.1, 0.15) is 18.2 Å². The first-order valence-electron chi connectivity index (χ1n) is 12.3. The Labute approximate surface area is 212 Å². The Hall–Kier alpha value is -3.17. The van der Waals surface area contributed by atoms with Gasteiger partial charge in [0.05, 0.1) is 11.7 Å². The number of nitrogens with zero attached hydrogens (tertiary/aromatic N) is 2. The van der Waals surface area contributed by atoms with Crippen molar-refractivity contribution in [2.75, 3.05) is 51.0 Å². The number of methoxy groups -OCH3 is 1. The number of ether oxygens (including phenoxy) is 2. The molecule has 1 aliphatic heterocycles. The standard InChI is InChI=1S/C27H37FN4O4/c1-6-12-32-15-18(2)25(35-5)16-31(4)26(33)23-11-10-22(14-24(23)36-17-19(32)3)30-27(34)29-21-9-7-8-20(28)13-21/h7-11,13-14,18-19,25H,6,12,15-17H2,1-5H3,(H2,29,30,34)/t18-,19+,25-/m1/s1. The highest BCUT2D eigenvalue weighted by molar-refractivity contribution is 6.01. The number of hydrogen-bond acceptors (Lipinski definition) is 5. The molecule has 0 bridgehead atoms. The number of nitrogens with one attached hydrogen (secondary N) is 2. The molecule has 0 aliphatic carbocycles. The van der Waals surface area contributed by atoms with Gasteiger partial charge < -0.3 is 25.0 Å². The maximum atomic E-state index is 13.4. The lowest BCUT2D eigenvalue weighted by Gasteiger charge is -2.35. The third-order valence-electron chi connectivity index (χ3n) is 6.43. The number of benzene rings is 2. The Kier molecular flexibility index (Phi) is 9.66. The highest BCUT2D eigenvalue weighted by Gasteiger charge is 2.28. The number of carbonyl (C=O) groups is 2. The molecule has 3 atom stereocenters. The van der Waals surface area contributed by atoms with E-state index in [2.05, 4.69) is 36.3 Å². The molecule has 0 radical (unpaired) electrons. The number of rotatable bonds is 5. The summed E-state index contributed by atoms with van der Waals surface area (Å²) in [6.07, 6.45) is 0.903. The lowest BCUT2D eigenvalue weighted by Crippen LogP contribution is -2.46. The number of halogens is 1. The molecule has 2 N–H and O–H groups in total. The Bertz CT molecular complexity index is 1050. The summed E-state index contributed by atoms with van der Waals surface area (Å²) < 4.78 is 25.4. The van der Waals surface area contributed by atoms with Crippen LogP contribution >= 0.6 is 0 Å². The molecular formula is C27H37FN4O4. The lowest BCUT2D eigenvalue weighted by atomic mass is 10.0. The van der Waals surface area contributed by atoms with E-state index in [1.54, 1.807) is 43.3 Å². The summed E-state index contributed by atoms with van der Waals surface area (Å²) in [6, 6.07) is 10.2. The molecule has 0 saturated carbocycles. The third-order valence-corrected chi connectivity index (χ3v) is 6.43. The average molecular weight is 501 g/mol. The molecule has 36 heavy (non-hydrogen) atoms. The number of hydrogen-bond donors (Lipinski definition) is 2. The van der Waals surface area contributed by atoms with Crippen molar-refractivity contribution >= 4 is 23.3 Å². The first kappa shape index (κ1) is 27.4. The predicted molar refractivity (Wildman–Crippen MR) is 139 cm³/mol. The average Bonchev–Trinajstić information content (AvgIpc) is 2.84. The minimum atomic E-state index is -0.531. The zero-order valence-electron chi connectivity index (χ0n) is 21.7. The number of likely N-dealkylation sites (N-methyl/N-ethyl adjacent to an activating group) is 1. The van der Waals surface area contributed by atoms with Crippen LogP contribution in [0.25, 0.3) is 0 Å². The SMILES string of the molecule is CCCN1C[C@@H](C)[C@H](OC)CN(C)C(=O)c2ccc(NC(=O)Nc3cccc(F)c3)cc2OC[C@@H]1C. The van der Waals surface area contributed by atoms with Crippen molar-refractivity contribution in [1.82, 2.24) is 9.80 Å². The Balaban J connectivity index is 1.85. The van der Waals surface area contributed by atoms with E-state index in [1.807, 2.05) is 0 Å². The number of carbonyl (C=O) groups excluding carboxylic acids is 2. The largest absolute Gasteiger partial charge is 0.491 e. The van der Waals surface area contributed by atoms with Crippen LogP contribution in [0.1, 0.15) is 37.6 Å². The molecule has 2 aromatic rings. The van der Waals surface area contributed by atoms with E-state index >= 15 is 0 Å². The smallest absolute Gasteiger partial charge is 0.323 e. The molecule has 8 nitrogen and oxygen atoms in total. The summed E-state index contributed by atoms with van der Waals surface area (Å²) in [5, 5.41) is 5.33. The minimum absolute atomic E-state index is 0.109. The van der Waals surface area contributed by atoms with Crippen LogP contribution in [0, 0.1) is 11.7 Å². The maximum Gasteiger partial charge on any atom is 0.323 e. The van der Waals surface area contributed by atoms with Crippen molar-refractivity contribution < 1.29 is 23.5 Å². The van der Waals surface area contributed by atoms with Crippen molar-refractivity contribution in [3.63, 3.8) is 0 Å². The quantitative estimate of drug-likeness (QED) is 0.623. The van der Waals surface area contributed by atoms with E-state index in [1.165, 1.54) is 18.2 Å². The zero-order valence-corrected chi connectivity index (χ0v) is 21.7. The highest BCUT2D eigenvalue weighted by atomic mass is 19.1. The summed E-state index contributed by atoms with van der Waals surface area (Å²) in [6.45, 7) is 8.99. The molecule has 196 valence electrons. The molecule has 3 rings (SSSR count). The molecule has 0 unspecified atom stereocenters. The van der Waals surface area contributed by atoms with Crippen molar-refractivity contribution in [1.29, 1.82) is 0 Å². The summed E-state index contributed by atoms with van der Waals surface area (Å²) in [5.74, 6) is -0.0174. The monoisotopic (exact) mass is 500 g/mol. The second kappa shape index (κ2) is 12.7. The molecule has 3 amide bonds. The highest BCUT2D eigenvalue weighted by Crippen LogP contribution is 2.27. The Morgan fingerprint density at radius 2 is 1.86 bits per heavy atom. The van der Waals surface area contributed by atoms with Gasteiger partial charge >= 0.3 is 6.03 Å². The van der Waals surface area contributed by atoms with Crippen molar-refractivity contribution in [3.8, 4) is 5.75 Å². The van der Waals surface area contributed by atoms with Crippen LogP contribution in [-0.4, -0.2) is 74.3 Å². The van der Waals surface area contributed by atoms with Gasteiger partial charge in [0.15, 0.2) is 0 Å². The summed E-state index contributed by atoms with van der Waals surface area (Å²) in [7, 11) is 3.43. The molecule has 0 saturated heterocycles. The van der Waals surface area contributed by atoms with Crippen LogP contribution in [0.5, 0.6) is 5.75 Å². The van der Waals surface area contributed by atoms with Gasteiger partial charge in [0.2, 0.25) is 0 Å². The number of urea groups is 1. The fraction of sp³-hybridized carbons (Fsp3) is 0.481. The molecule has 1 heterocycles. The van der Waals surface area contributed by atoms with E-state index in [-0.39, 0.29) is 24.0 Å². The van der Waals surface area contributed by atoms with E-state index in [4.69, 9.17) is 9.47 Å². The third kappa shape index (κ3) is 7.18. The van der Waals surface area contributed by atoms with E-state index in [0.717, 1.165) is 19.5 Å². The fourth-order valence-corrected chi connectivity index (χ4v) is 4.38. The summed E-state index contributed by atoms with van der Waals surface area (Å²) in [4.78, 5) is 29.8. The minimum Gasteiger partial charge on any atom is -0.491 e. The van der Waals surface area contributed by atoms with Crippen molar-refractivity contribution in [2.24, 2.45) is 5.92 Å². The first-order valence-corrected chi connectivity index (χ1v) is 12.3. The maximum absolute atomic E-state index is 13.4. The van der Waals surface area contributed by atoms with Gasteiger partial charge in [-0.2, -0.15) is 0 Å². The Morgan fingerprint density at radius 3 is 2.53 bits per heavy atom. The molecule has 0 aromatic heterocycles. The van der Waals surface area contributed by atoms with Crippen LogP contribution in [0.3, 0.4) is 0 Å². The molecule has 2 aromatic carbocycles. The van der Waals surface area contributed by atoms with E-state index < -0.39 is 11.8 Å². The predicted octanol–water partition coefficient (Wildman–Crippen LogP) is 4.69. The summed E-state index contributed by atoms with van der Waals surface area (Å²) >= 11 is 0. The topological polar surface area (TPSA) is 83.1 Å². The van der Waals surface area contributed by atoms with Crippen LogP contribution in [0.15, 0.2) is 42.5 Å². The lowest BCUT2D eigenvalue weighted by molar-refractivity contribution is 0.0108. The number of anilines is 2. The molecular weight excluding hydrogens is 463 g/mol. The molecule has 9 heteroatoms.